The number of sulfonamides is 1. The van der Waals surface area contributed by atoms with Gasteiger partial charge in [0.25, 0.3) is 22.4 Å². The molecule has 13 heteroatoms. The Hall–Kier alpha value is -2.90. The van der Waals surface area contributed by atoms with Crippen LogP contribution in [0.5, 0.6) is 0 Å². The minimum atomic E-state index is -4.09. The van der Waals surface area contributed by atoms with Gasteiger partial charge in [0.1, 0.15) is 12.4 Å². The maximum atomic E-state index is 13.1. The van der Waals surface area contributed by atoms with E-state index in [1.54, 1.807) is 11.5 Å². The van der Waals surface area contributed by atoms with Crippen LogP contribution in [0.2, 0.25) is 0 Å². The third-order valence-corrected chi connectivity index (χ3v) is 6.90. The number of sulfone groups is 1. The number of hydrazine groups is 1. The normalized spacial score (nSPS) is 13.3. The average Bonchev–Trinajstić information content (AvgIpc) is 2.72. The Balaban J connectivity index is 2.17. The number of nitrogens with one attached hydrogen (secondary N) is 2. The summed E-state index contributed by atoms with van der Waals surface area (Å²) in [6.45, 7) is 0. The molecular formula is C18H20F2N4O5S2. The molecule has 0 aliphatic rings. The van der Waals surface area contributed by atoms with Gasteiger partial charge in [-0.25, -0.2) is 23.0 Å². The van der Waals surface area contributed by atoms with Crippen LogP contribution in [0.3, 0.4) is 0 Å². The molecule has 0 heterocycles. The zero-order valence-corrected chi connectivity index (χ0v) is 17.6. The smallest absolute Gasteiger partial charge is 0.283 e. The van der Waals surface area contributed by atoms with Gasteiger partial charge < -0.3 is 5.32 Å². The number of halogens is 2. The summed E-state index contributed by atoms with van der Waals surface area (Å²) in [5, 5.41) is 2.29. The first-order valence-corrected chi connectivity index (χ1v) is 12.0. The Morgan fingerprint density at radius 3 is 2.26 bits per heavy atom. The summed E-state index contributed by atoms with van der Waals surface area (Å²) < 4.78 is 78.9. The van der Waals surface area contributed by atoms with E-state index in [1.807, 2.05) is 0 Å². The van der Waals surface area contributed by atoms with Gasteiger partial charge in [-0.2, -0.15) is 8.42 Å². The maximum Gasteiger partial charge on any atom is 0.283 e. The van der Waals surface area contributed by atoms with Crippen molar-refractivity contribution in [3.63, 3.8) is 0 Å². The molecule has 0 saturated carbocycles. The predicted molar refractivity (Wildman–Crippen MR) is 110 cm³/mol. The molecule has 0 spiro atoms. The summed E-state index contributed by atoms with van der Waals surface area (Å²) in [6, 6.07) is 10.8. The molecule has 0 bridgehead atoms. The van der Waals surface area contributed by atoms with E-state index >= 15 is 0 Å². The molecule has 0 aliphatic heterocycles. The Morgan fingerprint density at radius 2 is 1.65 bits per heavy atom. The third-order valence-electron chi connectivity index (χ3n) is 4.05. The van der Waals surface area contributed by atoms with Crippen molar-refractivity contribution in [2.24, 2.45) is 10.2 Å². The van der Waals surface area contributed by atoms with E-state index < -0.39 is 55.3 Å². The standard InChI is InChI=1S/C18H20F2N4O5S2/c19-17(20)15-9-5-4-6-13(15)10-30(26,27)11-16(18(25)24-21)22-12-23-31(28,29)14-7-2-1-3-8-14/h1-9,12,16-17H,10-11,21H2,(H,22,23)(H,24,25)/t16-/m0/s1. The van der Waals surface area contributed by atoms with Crippen molar-refractivity contribution in [3.8, 4) is 0 Å². The lowest BCUT2D eigenvalue weighted by Crippen LogP contribution is -2.50. The van der Waals surface area contributed by atoms with Crippen molar-refractivity contribution < 1.29 is 30.4 Å². The van der Waals surface area contributed by atoms with Crippen LogP contribution in [0.4, 0.5) is 8.78 Å². The van der Waals surface area contributed by atoms with Crippen LogP contribution in [-0.2, 0) is 30.4 Å². The molecular weight excluding hydrogens is 454 g/mol. The van der Waals surface area contributed by atoms with Crippen LogP contribution in [0.25, 0.3) is 0 Å². The fraction of sp³-hybridized carbons (Fsp3) is 0.222. The second-order valence-corrected chi connectivity index (χ2v) is 10.0. The van der Waals surface area contributed by atoms with Crippen molar-refractivity contribution in [3.05, 3.63) is 65.7 Å². The lowest BCUT2D eigenvalue weighted by molar-refractivity contribution is -0.122. The molecule has 168 valence electrons. The topological polar surface area (TPSA) is 148 Å². The first-order valence-electron chi connectivity index (χ1n) is 8.72. The zero-order chi connectivity index (χ0) is 23.1. The quantitative estimate of drug-likeness (QED) is 0.152. The van der Waals surface area contributed by atoms with Crippen molar-refractivity contribution >= 4 is 32.1 Å². The molecule has 31 heavy (non-hydrogen) atoms. The highest BCUT2D eigenvalue weighted by Gasteiger charge is 2.26. The monoisotopic (exact) mass is 474 g/mol. The molecule has 9 nitrogen and oxygen atoms in total. The van der Waals surface area contributed by atoms with Crippen LogP contribution in [0.15, 0.2) is 63.9 Å². The third kappa shape index (κ3) is 7.08. The van der Waals surface area contributed by atoms with Crippen LogP contribution in [0, 0.1) is 0 Å². The number of hydrogen-bond acceptors (Lipinski definition) is 6. The highest BCUT2D eigenvalue weighted by Crippen LogP contribution is 2.24. The van der Waals surface area contributed by atoms with Crippen LogP contribution in [-0.4, -0.2) is 40.9 Å². The van der Waals surface area contributed by atoms with Crippen molar-refractivity contribution in [2.75, 3.05) is 5.75 Å². The fourth-order valence-corrected chi connectivity index (χ4v) is 5.00. The van der Waals surface area contributed by atoms with Gasteiger partial charge in [0.2, 0.25) is 0 Å². The first-order chi connectivity index (χ1) is 14.6. The first kappa shape index (κ1) is 24.4. The van der Waals surface area contributed by atoms with Crippen LogP contribution in [0.1, 0.15) is 17.6 Å². The van der Waals surface area contributed by atoms with Crippen LogP contribution >= 0.6 is 0 Å². The van der Waals surface area contributed by atoms with E-state index in [2.05, 4.69) is 9.71 Å². The molecule has 2 aromatic rings. The summed E-state index contributed by atoms with van der Waals surface area (Å²) in [7, 11) is -8.17. The van der Waals surface area contributed by atoms with Crippen LogP contribution < -0.4 is 16.6 Å². The fourth-order valence-electron chi connectivity index (χ4n) is 2.57. The number of nitrogens with two attached hydrogens (primary N) is 1. The van der Waals surface area contributed by atoms with E-state index in [9.17, 15) is 30.4 Å². The molecule has 0 fully saturated rings. The second-order valence-electron chi connectivity index (χ2n) is 6.30. The lowest BCUT2D eigenvalue weighted by Gasteiger charge is -2.16. The summed E-state index contributed by atoms with van der Waals surface area (Å²) >= 11 is 0. The molecule has 0 unspecified atom stereocenters. The molecule has 0 aromatic heterocycles. The van der Waals surface area contributed by atoms with Gasteiger partial charge >= 0.3 is 0 Å². The molecule has 2 rings (SSSR count). The number of carbonyl (C=O) groups excluding carboxylic acids is 1. The molecule has 0 aliphatic carbocycles. The van der Waals surface area contributed by atoms with Gasteiger partial charge in [0, 0.05) is 5.56 Å². The molecule has 4 N–H and O–H groups in total. The molecule has 1 amide bonds. The number of benzene rings is 2. The van der Waals surface area contributed by atoms with Gasteiger partial charge in [0.15, 0.2) is 9.84 Å². The highest BCUT2D eigenvalue weighted by molar-refractivity contribution is 7.90. The van der Waals surface area contributed by atoms with Crippen molar-refractivity contribution in [1.82, 2.24) is 10.7 Å². The molecule has 2 aromatic carbocycles. The van der Waals surface area contributed by atoms with E-state index in [4.69, 9.17) is 5.84 Å². The summed E-state index contributed by atoms with van der Waals surface area (Å²) in [4.78, 5) is 11.8. The van der Waals surface area contributed by atoms with Gasteiger partial charge in [-0.05, 0) is 17.7 Å². The summed E-state index contributed by atoms with van der Waals surface area (Å²) in [5.41, 5.74) is 1.22. The highest BCUT2D eigenvalue weighted by atomic mass is 32.2. The zero-order valence-electron chi connectivity index (χ0n) is 16.0. The predicted octanol–water partition coefficient (Wildman–Crippen LogP) is 0.904. The van der Waals surface area contributed by atoms with E-state index in [1.165, 1.54) is 42.5 Å². The Labute approximate surface area is 178 Å². The minimum absolute atomic E-state index is 0.107. The van der Waals surface area contributed by atoms with Crippen molar-refractivity contribution in [1.29, 1.82) is 0 Å². The SMILES string of the molecule is NNC(=O)[C@H](CS(=O)(=O)Cc1ccccc1C(F)F)N/C=N/S(=O)(=O)c1ccccc1. The minimum Gasteiger partial charge on any atom is -0.363 e. The molecule has 0 saturated heterocycles. The van der Waals surface area contributed by atoms with E-state index in [0.717, 1.165) is 6.07 Å². The second kappa shape index (κ2) is 10.4. The largest absolute Gasteiger partial charge is 0.363 e. The van der Waals surface area contributed by atoms with Gasteiger partial charge in [0.05, 0.1) is 16.4 Å². The maximum absolute atomic E-state index is 13.1. The summed E-state index contributed by atoms with van der Waals surface area (Å²) in [6.07, 6.45) is -2.20. The molecule has 0 radical (unpaired) electrons. The Bertz CT molecular complexity index is 1140. The number of amides is 1. The van der Waals surface area contributed by atoms with Crippen molar-refractivity contribution in [2.45, 2.75) is 23.1 Å². The van der Waals surface area contributed by atoms with Gasteiger partial charge in [-0.15, -0.1) is 4.40 Å². The number of alkyl halides is 2. The van der Waals surface area contributed by atoms with Gasteiger partial charge in [-0.3, -0.25) is 10.2 Å². The average molecular weight is 475 g/mol. The van der Waals surface area contributed by atoms with E-state index in [0.29, 0.717) is 6.34 Å². The van der Waals surface area contributed by atoms with E-state index in [-0.39, 0.29) is 10.5 Å². The number of hydrogen-bond donors (Lipinski definition) is 3. The Kier molecular flexibility index (Phi) is 8.19. The number of rotatable bonds is 10. The number of nitrogens with zero attached hydrogens (tertiary/aromatic N) is 1. The summed E-state index contributed by atoms with van der Waals surface area (Å²) in [5.74, 6) is 2.51. The number of carbonyl (C=O) groups is 1. The Morgan fingerprint density at radius 1 is 1.03 bits per heavy atom. The molecule has 1 atom stereocenters. The lowest BCUT2D eigenvalue weighted by atomic mass is 10.1. The van der Waals surface area contributed by atoms with Gasteiger partial charge in [-0.1, -0.05) is 42.5 Å².